The first-order valence-corrected chi connectivity index (χ1v) is 9.68. The summed E-state index contributed by atoms with van der Waals surface area (Å²) < 4.78 is 5.24. The highest BCUT2D eigenvalue weighted by molar-refractivity contribution is 5.68. The minimum absolute atomic E-state index is 0.127. The predicted molar refractivity (Wildman–Crippen MR) is 112 cm³/mol. The Morgan fingerprint density at radius 1 is 1.08 bits per heavy atom. The van der Waals surface area contributed by atoms with Gasteiger partial charge in [0.25, 0.3) is 0 Å². The van der Waals surface area contributed by atoms with Gasteiger partial charge in [0.2, 0.25) is 0 Å². The van der Waals surface area contributed by atoms with E-state index < -0.39 is 0 Å². The van der Waals surface area contributed by atoms with Crippen molar-refractivity contribution < 1.29 is 4.74 Å². The molecular formula is C22H42N2O. The predicted octanol–water partition coefficient (Wildman–Crippen LogP) is 6.78. The number of aryl methyl sites for hydroxylation is 2. The summed E-state index contributed by atoms with van der Waals surface area (Å²) in [6.45, 7) is 21.9. The molecule has 0 radical (unpaired) electrons. The first-order valence-electron chi connectivity index (χ1n) is 9.68. The van der Waals surface area contributed by atoms with E-state index in [9.17, 15) is 0 Å². The van der Waals surface area contributed by atoms with E-state index >= 15 is 0 Å². The molecule has 0 bridgehead atoms. The minimum Gasteiger partial charge on any atom is -0.384 e. The molecule has 0 aromatic carbocycles. The van der Waals surface area contributed by atoms with Crippen molar-refractivity contribution >= 4 is 5.57 Å². The third-order valence-corrected chi connectivity index (χ3v) is 3.99. The van der Waals surface area contributed by atoms with Crippen molar-refractivity contribution in [2.24, 2.45) is 5.41 Å². The van der Waals surface area contributed by atoms with E-state index in [0.717, 1.165) is 23.5 Å². The standard InChI is InChI=1S/C16H26N2O.C4H10.C2H6/c1-11-10-17-15(13(3)18-11)14(8-9-19-7)12(2)16(4,5)6;1-3-4-2;1-2/h10H,8-9H2,1-7H3;3-4H2,1-2H3;1-2H3/b14-12+;;. The highest BCUT2D eigenvalue weighted by atomic mass is 16.5. The Balaban J connectivity index is 0. The quantitative estimate of drug-likeness (QED) is 0.587. The van der Waals surface area contributed by atoms with E-state index in [1.54, 1.807) is 7.11 Å². The Kier molecular flexibility index (Phi) is 14.6. The fraction of sp³-hybridized carbons (Fsp3) is 0.727. The van der Waals surface area contributed by atoms with Crippen LogP contribution in [0.5, 0.6) is 0 Å². The van der Waals surface area contributed by atoms with Gasteiger partial charge in [0.15, 0.2) is 0 Å². The summed E-state index contributed by atoms with van der Waals surface area (Å²) in [6, 6.07) is 0. The number of methoxy groups -OCH3 is 1. The largest absolute Gasteiger partial charge is 0.384 e. The van der Waals surface area contributed by atoms with Gasteiger partial charge in [-0.2, -0.15) is 0 Å². The van der Waals surface area contributed by atoms with Gasteiger partial charge in [0.05, 0.1) is 23.7 Å². The molecule has 0 unspecified atom stereocenters. The summed E-state index contributed by atoms with van der Waals surface area (Å²) in [6.07, 6.45) is 5.35. The van der Waals surface area contributed by atoms with E-state index in [4.69, 9.17) is 4.74 Å². The summed E-state index contributed by atoms with van der Waals surface area (Å²) >= 11 is 0. The third-order valence-electron chi connectivity index (χ3n) is 3.99. The van der Waals surface area contributed by atoms with Crippen molar-refractivity contribution in [2.45, 2.75) is 88.5 Å². The summed E-state index contributed by atoms with van der Waals surface area (Å²) in [7, 11) is 1.73. The van der Waals surface area contributed by atoms with Crippen LogP contribution in [0, 0.1) is 19.3 Å². The number of unbranched alkanes of at least 4 members (excludes halogenated alkanes) is 1. The van der Waals surface area contributed by atoms with E-state index in [2.05, 4.69) is 51.5 Å². The maximum Gasteiger partial charge on any atom is 0.0874 e. The molecule has 0 saturated heterocycles. The number of hydrogen-bond donors (Lipinski definition) is 0. The van der Waals surface area contributed by atoms with Gasteiger partial charge in [0, 0.05) is 13.3 Å². The molecule has 3 nitrogen and oxygen atoms in total. The van der Waals surface area contributed by atoms with Gasteiger partial charge in [-0.05, 0) is 38.2 Å². The van der Waals surface area contributed by atoms with Gasteiger partial charge >= 0.3 is 0 Å². The van der Waals surface area contributed by atoms with Crippen LogP contribution in [0.4, 0.5) is 0 Å². The second-order valence-corrected chi connectivity index (χ2v) is 7.04. The molecule has 0 amide bonds. The third kappa shape index (κ3) is 10.4. The van der Waals surface area contributed by atoms with Gasteiger partial charge in [-0.15, -0.1) is 0 Å². The Hall–Kier alpha value is -1.22. The average Bonchev–Trinajstić information content (AvgIpc) is 2.57. The Labute approximate surface area is 157 Å². The van der Waals surface area contributed by atoms with Crippen LogP contribution in [0.2, 0.25) is 0 Å². The zero-order valence-corrected chi connectivity index (χ0v) is 18.7. The lowest BCUT2D eigenvalue weighted by Gasteiger charge is -2.24. The van der Waals surface area contributed by atoms with Gasteiger partial charge in [0.1, 0.15) is 0 Å². The number of nitrogens with zero attached hydrogens (tertiary/aromatic N) is 2. The lowest BCUT2D eigenvalue weighted by Crippen LogP contribution is -2.12. The lowest BCUT2D eigenvalue weighted by atomic mass is 9.82. The second-order valence-electron chi connectivity index (χ2n) is 7.04. The first kappa shape index (κ1) is 26.0. The molecule has 1 rings (SSSR count). The van der Waals surface area contributed by atoms with E-state index in [0.29, 0.717) is 6.61 Å². The molecule has 0 spiro atoms. The topological polar surface area (TPSA) is 35.0 Å². The van der Waals surface area contributed by atoms with Gasteiger partial charge in [-0.3, -0.25) is 9.97 Å². The van der Waals surface area contributed by atoms with Crippen molar-refractivity contribution in [3.8, 4) is 0 Å². The Morgan fingerprint density at radius 2 is 1.60 bits per heavy atom. The molecule has 0 aliphatic rings. The summed E-state index contributed by atoms with van der Waals surface area (Å²) in [5, 5.41) is 0. The number of allylic oxidation sites excluding steroid dienone is 1. The smallest absolute Gasteiger partial charge is 0.0874 e. The van der Waals surface area contributed by atoms with Crippen LogP contribution < -0.4 is 0 Å². The summed E-state index contributed by atoms with van der Waals surface area (Å²) in [5.74, 6) is 0. The van der Waals surface area contributed by atoms with Crippen molar-refractivity contribution in [1.29, 1.82) is 0 Å². The summed E-state index contributed by atoms with van der Waals surface area (Å²) in [4.78, 5) is 9.12. The molecule has 3 heteroatoms. The Morgan fingerprint density at radius 3 is 1.96 bits per heavy atom. The molecule has 1 aromatic heterocycles. The van der Waals surface area contributed by atoms with Crippen LogP contribution in [0.3, 0.4) is 0 Å². The normalized spacial score (nSPS) is 11.6. The first-order chi connectivity index (χ1) is 11.7. The van der Waals surface area contributed by atoms with Crippen molar-refractivity contribution in [3.63, 3.8) is 0 Å². The van der Waals surface area contributed by atoms with Crippen molar-refractivity contribution in [1.82, 2.24) is 9.97 Å². The highest BCUT2D eigenvalue weighted by Crippen LogP contribution is 2.34. The summed E-state index contributed by atoms with van der Waals surface area (Å²) in [5.41, 5.74) is 5.71. The van der Waals surface area contributed by atoms with E-state index in [-0.39, 0.29) is 5.41 Å². The number of rotatable bonds is 5. The molecule has 0 aliphatic carbocycles. The fourth-order valence-electron chi connectivity index (χ4n) is 2.03. The molecule has 0 N–H and O–H groups in total. The molecule has 0 fully saturated rings. The molecular weight excluding hydrogens is 308 g/mol. The van der Waals surface area contributed by atoms with Crippen molar-refractivity contribution in [3.05, 3.63) is 28.9 Å². The van der Waals surface area contributed by atoms with Crippen LogP contribution in [-0.2, 0) is 4.74 Å². The lowest BCUT2D eigenvalue weighted by molar-refractivity contribution is 0.205. The van der Waals surface area contributed by atoms with Gasteiger partial charge in [-0.1, -0.05) is 66.9 Å². The molecule has 25 heavy (non-hydrogen) atoms. The van der Waals surface area contributed by atoms with Gasteiger partial charge < -0.3 is 4.74 Å². The van der Waals surface area contributed by atoms with Crippen LogP contribution in [0.25, 0.3) is 5.57 Å². The molecule has 146 valence electrons. The number of ether oxygens (including phenoxy) is 1. The number of aromatic nitrogens is 2. The van der Waals surface area contributed by atoms with Crippen LogP contribution in [0.15, 0.2) is 11.8 Å². The van der Waals surface area contributed by atoms with Crippen molar-refractivity contribution in [2.75, 3.05) is 13.7 Å². The molecule has 0 saturated carbocycles. The average molecular weight is 351 g/mol. The fourth-order valence-corrected chi connectivity index (χ4v) is 2.03. The minimum atomic E-state index is 0.127. The zero-order valence-electron chi connectivity index (χ0n) is 18.7. The zero-order chi connectivity index (χ0) is 20.0. The van der Waals surface area contributed by atoms with Crippen LogP contribution >= 0.6 is 0 Å². The molecule has 1 heterocycles. The maximum atomic E-state index is 5.24. The maximum absolute atomic E-state index is 5.24. The molecule has 0 aliphatic heterocycles. The van der Waals surface area contributed by atoms with Crippen LogP contribution in [-0.4, -0.2) is 23.7 Å². The Bertz CT molecular complexity index is 497. The number of hydrogen-bond acceptors (Lipinski definition) is 3. The molecule has 0 atom stereocenters. The van der Waals surface area contributed by atoms with Crippen LogP contribution in [0.1, 0.15) is 91.7 Å². The monoisotopic (exact) mass is 350 g/mol. The highest BCUT2D eigenvalue weighted by Gasteiger charge is 2.20. The van der Waals surface area contributed by atoms with E-state index in [1.807, 2.05) is 33.9 Å². The SMILES string of the molecule is CC.CCCC.COCC/C(=C(/C)C(C)(C)C)c1ncc(C)nc1C. The van der Waals surface area contributed by atoms with Gasteiger partial charge in [-0.25, -0.2) is 0 Å². The second kappa shape index (κ2) is 14.0. The van der Waals surface area contributed by atoms with E-state index in [1.165, 1.54) is 24.0 Å². The molecule has 1 aromatic rings.